The fraction of sp³-hybridized carbons (Fsp3) is 1.00. The molecule has 0 fully saturated rings. The number of nitrogens with two attached hydrogens (primary N) is 1. The van der Waals surface area contributed by atoms with E-state index in [2.05, 4.69) is 5.73 Å². The summed E-state index contributed by atoms with van der Waals surface area (Å²) in [5, 5.41) is 0. The highest BCUT2D eigenvalue weighted by molar-refractivity contribution is 5.85. The van der Waals surface area contributed by atoms with Crippen LogP contribution in [0.5, 0.6) is 0 Å². The Labute approximate surface area is 57.8 Å². The van der Waals surface area contributed by atoms with Crippen molar-refractivity contribution >= 4 is 12.4 Å². The zero-order valence-electron chi connectivity index (χ0n) is 4.90. The molecule has 58 valence electrons. The minimum absolute atomic E-state index is 0. The topological polar surface area (TPSA) is 26.0 Å². The standard InChI is InChI=1S/C4H8F3N.ClH/c1-2-3(8)4(5,6)7;/h3H,2,8H2,1H3;1H/t3-;/m0./s1. The molecule has 5 heteroatoms. The van der Waals surface area contributed by atoms with E-state index in [1.54, 1.807) is 0 Å². The lowest BCUT2D eigenvalue weighted by Crippen LogP contribution is -2.36. The molecule has 0 aromatic heterocycles. The molecular weight excluding hydrogens is 154 g/mol. The maximum atomic E-state index is 11.3. The van der Waals surface area contributed by atoms with Gasteiger partial charge in [0.15, 0.2) is 0 Å². The lowest BCUT2D eigenvalue weighted by molar-refractivity contribution is -0.147. The summed E-state index contributed by atoms with van der Waals surface area (Å²) in [4.78, 5) is 0. The van der Waals surface area contributed by atoms with Crippen LogP contribution in [0.1, 0.15) is 13.3 Å². The summed E-state index contributed by atoms with van der Waals surface area (Å²) in [6.07, 6.45) is -4.27. The van der Waals surface area contributed by atoms with Gasteiger partial charge in [-0.3, -0.25) is 0 Å². The van der Waals surface area contributed by atoms with Crippen molar-refractivity contribution in [1.82, 2.24) is 0 Å². The van der Waals surface area contributed by atoms with Gasteiger partial charge in [0.25, 0.3) is 0 Å². The van der Waals surface area contributed by atoms with Crippen molar-refractivity contribution in [2.75, 3.05) is 0 Å². The minimum atomic E-state index is -4.21. The summed E-state index contributed by atoms with van der Waals surface area (Å²) in [5.41, 5.74) is 4.62. The molecular formula is C4H9ClF3N. The number of hydrogen-bond donors (Lipinski definition) is 1. The molecule has 0 unspecified atom stereocenters. The first-order chi connectivity index (χ1) is 3.48. The van der Waals surface area contributed by atoms with E-state index < -0.39 is 12.2 Å². The zero-order chi connectivity index (χ0) is 6.78. The highest BCUT2D eigenvalue weighted by Gasteiger charge is 2.34. The second kappa shape index (κ2) is 3.95. The molecule has 0 aliphatic heterocycles. The fourth-order valence-electron chi connectivity index (χ4n) is 0.231. The van der Waals surface area contributed by atoms with Gasteiger partial charge in [-0.15, -0.1) is 12.4 Å². The third-order valence-electron chi connectivity index (χ3n) is 0.860. The van der Waals surface area contributed by atoms with Crippen LogP contribution in [0.25, 0.3) is 0 Å². The van der Waals surface area contributed by atoms with Crippen molar-refractivity contribution < 1.29 is 13.2 Å². The van der Waals surface area contributed by atoms with Gasteiger partial charge in [-0.25, -0.2) is 0 Å². The molecule has 0 bridgehead atoms. The van der Waals surface area contributed by atoms with Gasteiger partial charge in [-0.05, 0) is 6.42 Å². The van der Waals surface area contributed by atoms with E-state index in [0.29, 0.717) is 0 Å². The largest absolute Gasteiger partial charge is 0.403 e. The molecule has 0 aromatic carbocycles. The van der Waals surface area contributed by atoms with E-state index in [4.69, 9.17) is 0 Å². The van der Waals surface area contributed by atoms with Gasteiger partial charge in [-0.2, -0.15) is 13.2 Å². The van der Waals surface area contributed by atoms with Crippen LogP contribution >= 0.6 is 12.4 Å². The van der Waals surface area contributed by atoms with Crippen molar-refractivity contribution in [1.29, 1.82) is 0 Å². The van der Waals surface area contributed by atoms with Gasteiger partial charge in [0.2, 0.25) is 0 Å². The van der Waals surface area contributed by atoms with Crippen LogP contribution in [0, 0.1) is 0 Å². The molecule has 0 amide bonds. The van der Waals surface area contributed by atoms with Crippen molar-refractivity contribution in [2.24, 2.45) is 5.73 Å². The van der Waals surface area contributed by atoms with Crippen LogP contribution in [0.4, 0.5) is 13.2 Å². The second-order valence-electron chi connectivity index (χ2n) is 1.56. The Balaban J connectivity index is 0. The molecule has 2 N–H and O–H groups in total. The smallest absolute Gasteiger partial charge is 0.320 e. The molecule has 0 aliphatic carbocycles. The average molecular weight is 164 g/mol. The molecule has 0 rings (SSSR count). The fourth-order valence-corrected chi connectivity index (χ4v) is 0.231. The first kappa shape index (κ1) is 11.8. The summed E-state index contributed by atoms with van der Waals surface area (Å²) < 4.78 is 34.0. The van der Waals surface area contributed by atoms with Crippen LogP contribution in [-0.2, 0) is 0 Å². The quantitative estimate of drug-likeness (QED) is 0.626. The Hall–Kier alpha value is 0.0400. The highest BCUT2D eigenvalue weighted by Crippen LogP contribution is 2.19. The third kappa shape index (κ3) is 4.54. The van der Waals surface area contributed by atoms with E-state index in [0.717, 1.165) is 0 Å². The lowest BCUT2D eigenvalue weighted by Gasteiger charge is -2.11. The predicted octanol–water partition coefficient (Wildman–Crippen LogP) is 1.71. The van der Waals surface area contributed by atoms with Gasteiger partial charge in [-0.1, -0.05) is 6.92 Å². The number of hydrogen-bond acceptors (Lipinski definition) is 1. The number of rotatable bonds is 1. The number of halogens is 4. The monoisotopic (exact) mass is 163 g/mol. The molecule has 0 heterocycles. The molecule has 0 radical (unpaired) electrons. The summed E-state index contributed by atoms with van der Waals surface area (Å²) in [6.45, 7) is 1.40. The lowest BCUT2D eigenvalue weighted by atomic mass is 10.2. The maximum absolute atomic E-state index is 11.3. The summed E-state index contributed by atoms with van der Waals surface area (Å²) >= 11 is 0. The van der Waals surface area contributed by atoms with E-state index in [-0.39, 0.29) is 18.8 Å². The van der Waals surface area contributed by atoms with Crippen molar-refractivity contribution in [3.63, 3.8) is 0 Å². The van der Waals surface area contributed by atoms with E-state index in [1.807, 2.05) is 0 Å². The van der Waals surface area contributed by atoms with Crippen LogP contribution in [-0.4, -0.2) is 12.2 Å². The second-order valence-corrected chi connectivity index (χ2v) is 1.56. The number of alkyl halides is 3. The van der Waals surface area contributed by atoms with Crippen molar-refractivity contribution in [3.8, 4) is 0 Å². The first-order valence-corrected chi connectivity index (χ1v) is 2.30. The van der Waals surface area contributed by atoms with Crippen LogP contribution in [0.15, 0.2) is 0 Å². The SMILES string of the molecule is CC[C@H](N)C(F)(F)F.Cl. The molecule has 9 heavy (non-hydrogen) atoms. The first-order valence-electron chi connectivity index (χ1n) is 2.30. The van der Waals surface area contributed by atoms with Crippen molar-refractivity contribution in [2.45, 2.75) is 25.6 Å². The summed E-state index contributed by atoms with van der Waals surface area (Å²) in [6, 6.07) is -1.65. The van der Waals surface area contributed by atoms with Crippen LogP contribution in [0.3, 0.4) is 0 Å². The Kier molecular flexibility index (Phi) is 5.18. The van der Waals surface area contributed by atoms with E-state index >= 15 is 0 Å². The highest BCUT2D eigenvalue weighted by atomic mass is 35.5. The molecule has 1 nitrogen and oxygen atoms in total. The normalized spacial score (nSPS) is 14.3. The van der Waals surface area contributed by atoms with E-state index in [9.17, 15) is 13.2 Å². The predicted molar refractivity (Wildman–Crippen MR) is 31.6 cm³/mol. The Morgan fingerprint density at radius 2 is 1.78 bits per heavy atom. The van der Waals surface area contributed by atoms with Gasteiger partial charge < -0.3 is 5.73 Å². The molecule has 1 atom stereocenters. The molecule has 0 spiro atoms. The molecule has 0 aliphatic rings. The Morgan fingerprint density at radius 3 is 1.78 bits per heavy atom. The summed E-state index contributed by atoms with van der Waals surface area (Å²) in [5.74, 6) is 0. The van der Waals surface area contributed by atoms with Gasteiger partial charge in [0, 0.05) is 0 Å². The average Bonchev–Trinajstić information content (AvgIpc) is 1.62. The molecule has 0 saturated heterocycles. The third-order valence-corrected chi connectivity index (χ3v) is 0.860. The maximum Gasteiger partial charge on any atom is 0.403 e. The van der Waals surface area contributed by atoms with E-state index in [1.165, 1.54) is 6.92 Å². The Bertz CT molecular complexity index is 72.7. The van der Waals surface area contributed by atoms with Crippen molar-refractivity contribution in [3.05, 3.63) is 0 Å². The van der Waals surface area contributed by atoms with Gasteiger partial charge in [0.05, 0.1) is 0 Å². The summed E-state index contributed by atoms with van der Waals surface area (Å²) in [7, 11) is 0. The van der Waals surface area contributed by atoms with Crippen LogP contribution < -0.4 is 5.73 Å². The van der Waals surface area contributed by atoms with Gasteiger partial charge >= 0.3 is 6.18 Å². The Morgan fingerprint density at radius 1 is 1.44 bits per heavy atom. The van der Waals surface area contributed by atoms with Gasteiger partial charge in [0.1, 0.15) is 6.04 Å². The minimum Gasteiger partial charge on any atom is -0.320 e. The van der Waals surface area contributed by atoms with Crippen LogP contribution in [0.2, 0.25) is 0 Å². The zero-order valence-corrected chi connectivity index (χ0v) is 5.72. The molecule has 0 aromatic rings. The molecule has 0 saturated carbocycles.